The lowest BCUT2D eigenvalue weighted by atomic mass is 9.95. The molecule has 176 valence electrons. The molecule has 2 unspecified atom stereocenters. The van der Waals surface area contributed by atoms with Gasteiger partial charge in [0.1, 0.15) is 5.82 Å². The molecule has 0 bridgehead atoms. The monoisotopic (exact) mass is 418 g/mol. The molecule has 30 heavy (non-hydrogen) atoms. The van der Waals surface area contributed by atoms with Crippen molar-refractivity contribution in [2.75, 3.05) is 0 Å². The fourth-order valence-corrected chi connectivity index (χ4v) is 4.83. The molecule has 0 aliphatic carbocycles. The van der Waals surface area contributed by atoms with Crippen molar-refractivity contribution in [1.82, 2.24) is 9.55 Å². The Morgan fingerprint density at radius 2 is 1.13 bits per heavy atom. The Kier molecular flexibility index (Phi) is 17.2. The molecular weight excluding hydrogens is 364 g/mol. The molecule has 0 aliphatic heterocycles. The fraction of sp³-hybridized carbons (Fsp3) is 0.893. The Hall–Kier alpha value is -0.790. The summed E-state index contributed by atoms with van der Waals surface area (Å²) < 4.78 is 2.51. The maximum Gasteiger partial charge on any atom is 0.111 e. The molecule has 0 fully saturated rings. The summed E-state index contributed by atoms with van der Waals surface area (Å²) in [6.45, 7) is 9.32. The third kappa shape index (κ3) is 12.2. The maximum atomic E-state index is 4.82. The lowest BCUT2D eigenvalue weighted by Gasteiger charge is -2.22. The van der Waals surface area contributed by atoms with Crippen LogP contribution in [0.15, 0.2) is 12.4 Å². The maximum absolute atomic E-state index is 4.82. The van der Waals surface area contributed by atoms with Crippen molar-refractivity contribution in [1.29, 1.82) is 0 Å². The number of unbranched alkanes of at least 4 members (excludes halogenated alkanes) is 13. The van der Waals surface area contributed by atoms with E-state index in [1.165, 1.54) is 128 Å². The molecule has 1 heterocycles. The topological polar surface area (TPSA) is 17.8 Å². The zero-order valence-corrected chi connectivity index (χ0v) is 21.1. The zero-order chi connectivity index (χ0) is 21.9. The Morgan fingerprint density at radius 3 is 1.70 bits per heavy atom. The Labute approximate surface area is 189 Å². The lowest BCUT2D eigenvalue weighted by Crippen LogP contribution is -2.13. The number of rotatable bonds is 21. The summed E-state index contributed by atoms with van der Waals surface area (Å²) in [5, 5.41) is 0. The predicted molar refractivity (Wildman–Crippen MR) is 134 cm³/mol. The van der Waals surface area contributed by atoms with Crippen LogP contribution >= 0.6 is 0 Å². The van der Waals surface area contributed by atoms with E-state index in [1.54, 1.807) is 0 Å². The van der Waals surface area contributed by atoms with E-state index in [9.17, 15) is 0 Å². The van der Waals surface area contributed by atoms with Crippen molar-refractivity contribution in [3.05, 3.63) is 18.2 Å². The van der Waals surface area contributed by atoms with Gasteiger partial charge in [-0.25, -0.2) is 4.98 Å². The van der Waals surface area contributed by atoms with Crippen LogP contribution in [0.1, 0.15) is 167 Å². The molecule has 1 aromatic rings. The third-order valence-electron chi connectivity index (χ3n) is 6.81. The van der Waals surface area contributed by atoms with Gasteiger partial charge in [0.2, 0.25) is 0 Å². The smallest absolute Gasteiger partial charge is 0.111 e. The van der Waals surface area contributed by atoms with Gasteiger partial charge in [-0.1, -0.05) is 124 Å². The average Bonchev–Trinajstić information content (AvgIpc) is 3.24. The summed E-state index contributed by atoms with van der Waals surface area (Å²) in [5.41, 5.74) is 0. The number of hydrogen-bond donors (Lipinski definition) is 0. The zero-order valence-electron chi connectivity index (χ0n) is 21.1. The van der Waals surface area contributed by atoms with E-state index in [1.807, 2.05) is 6.20 Å². The van der Waals surface area contributed by atoms with E-state index in [0.717, 1.165) is 0 Å². The first-order chi connectivity index (χ1) is 14.7. The molecule has 2 nitrogen and oxygen atoms in total. The molecule has 0 aromatic carbocycles. The van der Waals surface area contributed by atoms with Gasteiger partial charge in [-0.3, -0.25) is 0 Å². The van der Waals surface area contributed by atoms with Gasteiger partial charge in [-0.2, -0.15) is 0 Å². The summed E-state index contributed by atoms with van der Waals surface area (Å²) in [6.07, 6.45) is 30.6. The van der Waals surface area contributed by atoms with E-state index < -0.39 is 0 Å². The van der Waals surface area contributed by atoms with Gasteiger partial charge < -0.3 is 4.57 Å². The Bertz CT molecular complexity index is 479. The average molecular weight is 419 g/mol. The predicted octanol–water partition coefficient (Wildman–Crippen LogP) is 10.00. The van der Waals surface area contributed by atoms with Crippen molar-refractivity contribution in [3.8, 4) is 0 Å². The van der Waals surface area contributed by atoms with Crippen LogP contribution in [0.4, 0.5) is 0 Å². The van der Waals surface area contributed by atoms with Crippen LogP contribution in [0, 0.1) is 0 Å². The van der Waals surface area contributed by atoms with Gasteiger partial charge in [0.05, 0.1) is 0 Å². The lowest BCUT2D eigenvalue weighted by molar-refractivity contribution is 0.420. The van der Waals surface area contributed by atoms with Gasteiger partial charge >= 0.3 is 0 Å². The van der Waals surface area contributed by atoms with Crippen LogP contribution in [0.3, 0.4) is 0 Å². The summed E-state index contributed by atoms with van der Waals surface area (Å²) in [6, 6.07) is 0.594. The van der Waals surface area contributed by atoms with E-state index in [0.29, 0.717) is 12.0 Å². The molecule has 0 N–H and O–H groups in total. The number of hydrogen-bond acceptors (Lipinski definition) is 1. The van der Waals surface area contributed by atoms with Gasteiger partial charge in [-0.05, 0) is 26.2 Å². The first-order valence-corrected chi connectivity index (χ1v) is 13.8. The summed E-state index contributed by atoms with van der Waals surface area (Å²) in [7, 11) is 0. The molecule has 1 rings (SSSR count). The van der Waals surface area contributed by atoms with Gasteiger partial charge in [0, 0.05) is 24.4 Å². The minimum atomic E-state index is 0.594. The second-order valence-electron chi connectivity index (χ2n) is 9.70. The van der Waals surface area contributed by atoms with Crippen molar-refractivity contribution >= 4 is 0 Å². The van der Waals surface area contributed by atoms with Crippen LogP contribution in [0.5, 0.6) is 0 Å². The molecule has 1 aromatic heterocycles. The highest BCUT2D eigenvalue weighted by atomic mass is 15.1. The van der Waals surface area contributed by atoms with E-state index in [-0.39, 0.29) is 0 Å². The molecule has 0 spiro atoms. The van der Waals surface area contributed by atoms with Crippen molar-refractivity contribution in [3.63, 3.8) is 0 Å². The van der Waals surface area contributed by atoms with Crippen molar-refractivity contribution in [2.45, 2.75) is 162 Å². The first kappa shape index (κ1) is 27.2. The summed E-state index contributed by atoms with van der Waals surface area (Å²) in [5.74, 6) is 2.02. The number of imidazole rings is 1. The molecule has 2 atom stereocenters. The number of nitrogens with zero attached hydrogens (tertiary/aromatic N) is 2. The minimum absolute atomic E-state index is 0.594. The SMILES string of the molecule is CCCCCCCCCCCCCC(C)n1ccnc1C(CCC)CCCCCC. The van der Waals surface area contributed by atoms with Gasteiger partial charge in [0.25, 0.3) is 0 Å². The van der Waals surface area contributed by atoms with Gasteiger partial charge in [-0.15, -0.1) is 0 Å². The highest BCUT2D eigenvalue weighted by Gasteiger charge is 2.18. The van der Waals surface area contributed by atoms with Gasteiger partial charge in [0.15, 0.2) is 0 Å². The number of aromatic nitrogens is 2. The largest absolute Gasteiger partial charge is 0.332 e. The second kappa shape index (κ2) is 18.9. The summed E-state index contributed by atoms with van der Waals surface area (Å²) >= 11 is 0. The van der Waals surface area contributed by atoms with Crippen LogP contribution in [-0.4, -0.2) is 9.55 Å². The normalized spacial score (nSPS) is 13.6. The highest BCUT2D eigenvalue weighted by molar-refractivity contribution is 5.02. The van der Waals surface area contributed by atoms with E-state index >= 15 is 0 Å². The second-order valence-corrected chi connectivity index (χ2v) is 9.70. The summed E-state index contributed by atoms with van der Waals surface area (Å²) in [4.78, 5) is 4.82. The van der Waals surface area contributed by atoms with Crippen molar-refractivity contribution in [2.24, 2.45) is 0 Å². The molecule has 0 radical (unpaired) electrons. The highest BCUT2D eigenvalue weighted by Crippen LogP contribution is 2.29. The van der Waals surface area contributed by atoms with Crippen molar-refractivity contribution < 1.29 is 0 Å². The Morgan fingerprint density at radius 1 is 0.633 bits per heavy atom. The van der Waals surface area contributed by atoms with E-state index in [2.05, 4.69) is 38.5 Å². The first-order valence-electron chi connectivity index (χ1n) is 13.8. The van der Waals surface area contributed by atoms with Crippen LogP contribution in [0.2, 0.25) is 0 Å². The third-order valence-corrected chi connectivity index (χ3v) is 6.81. The minimum Gasteiger partial charge on any atom is -0.332 e. The van der Waals surface area contributed by atoms with E-state index in [4.69, 9.17) is 4.98 Å². The fourth-order valence-electron chi connectivity index (χ4n) is 4.83. The Balaban J connectivity index is 2.25. The van der Waals surface area contributed by atoms with Crippen LogP contribution in [0.25, 0.3) is 0 Å². The quantitative estimate of drug-likeness (QED) is 0.182. The molecule has 2 heteroatoms. The molecule has 0 aliphatic rings. The molecular formula is C28H54N2. The molecule has 0 amide bonds. The molecule has 0 saturated carbocycles. The molecule has 0 saturated heterocycles. The standard InChI is InChI=1S/C28H54N2/c1-5-8-10-12-13-14-15-16-17-18-19-22-26(4)30-25-24-29-28(30)27(21-7-3)23-20-11-9-6-2/h24-27H,5-23H2,1-4H3. The van der Waals surface area contributed by atoms with Crippen LogP contribution in [-0.2, 0) is 0 Å². The van der Waals surface area contributed by atoms with Crippen LogP contribution < -0.4 is 0 Å².